The SMILES string of the molecule is Bc1cc(-c2ccc(C(C)C)cc2)c2c(C#N)cnn2c1. The number of rotatable bonds is 2. The molecule has 21 heavy (non-hydrogen) atoms. The van der Waals surface area contributed by atoms with E-state index in [-0.39, 0.29) is 0 Å². The fourth-order valence-electron chi connectivity index (χ4n) is 2.60. The largest absolute Gasteiger partial charge is 0.240 e. The van der Waals surface area contributed by atoms with Crippen molar-refractivity contribution in [3.8, 4) is 17.2 Å². The van der Waals surface area contributed by atoms with Crippen LogP contribution in [0, 0.1) is 11.3 Å². The standard InChI is InChI=1S/C17H16BN3/c1-11(2)12-3-5-13(6-4-12)16-7-15(18)10-21-17(16)14(8-19)9-20-21/h3-7,9-11H,18H2,1-2H3. The molecule has 0 unspecified atom stereocenters. The Morgan fingerprint density at radius 2 is 1.95 bits per heavy atom. The fraction of sp³-hybridized carbons (Fsp3) is 0.176. The minimum Gasteiger partial charge on any atom is -0.240 e. The molecule has 0 saturated carbocycles. The van der Waals surface area contributed by atoms with Gasteiger partial charge in [-0.1, -0.05) is 49.6 Å². The molecule has 1 aromatic carbocycles. The summed E-state index contributed by atoms with van der Waals surface area (Å²) in [6.07, 6.45) is 3.57. The first kappa shape index (κ1) is 13.4. The molecule has 0 fully saturated rings. The van der Waals surface area contributed by atoms with Crippen molar-refractivity contribution in [2.45, 2.75) is 19.8 Å². The van der Waals surface area contributed by atoms with Crippen molar-refractivity contribution in [2.75, 3.05) is 0 Å². The summed E-state index contributed by atoms with van der Waals surface area (Å²) in [6, 6.07) is 12.9. The number of nitriles is 1. The van der Waals surface area contributed by atoms with Crippen LogP contribution < -0.4 is 5.46 Å². The van der Waals surface area contributed by atoms with Gasteiger partial charge in [0, 0.05) is 11.8 Å². The van der Waals surface area contributed by atoms with Gasteiger partial charge in [0.2, 0.25) is 0 Å². The molecule has 2 aromatic heterocycles. The highest BCUT2D eigenvalue weighted by Crippen LogP contribution is 2.27. The minimum absolute atomic E-state index is 0.515. The van der Waals surface area contributed by atoms with Gasteiger partial charge in [0.05, 0.1) is 17.3 Å². The Bertz CT molecular complexity index is 839. The lowest BCUT2D eigenvalue weighted by Gasteiger charge is -2.10. The zero-order valence-corrected chi connectivity index (χ0v) is 12.5. The molecule has 0 bridgehead atoms. The maximum atomic E-state index is 9.28. The summed E-state index contributed by atoms with van der Waals surface area (Å²) in [6.45, 7) is 4.37. The van der Waals surface area contributed by atoms with Crippen LogP contribution in [0.25, 0.3) is 16.6 Å². The zero-order chi connectivity index (χ0) is 15.0. The van der Waals surface area contributed by atoms with E-state index in [1.807, 2.05) is 14.0 Å². The van der Waals surface area contributed by atoms with Crippen LogP contribution in [-0.4, -0.2) is 17.5 Å². The van der Waals surface area contributed by atoms with Crippen molar-refractivity contribution in [1.29, 1.82) is 5.26 Å². The molecule has 0 aliphatic carbocycles. The number of benzene rings is 1. The van der Waals surface area contributed by atoms with E-state index in [1.165, 1.54) is 5.56 Å². The third kappa shape index (κ3) is 2.32. The van der Waals surface area contributed by atoms with Crippen molar-refractivity contribution >= 4 is 18.8 Å². The second-order valence-corrected chi connectivity index (χ2v) is 5.67. The van der Waals surface area contributed by atoms with E-state index in [1.54, 1.807) is 10.7 Å². The molecular formula is C17H16BN3. The monoisotopic (exact) mass is 273 g/mol. The summed E-state index contributed by atoms with van der Waals surface area (Å²) in [7, 11) is 2.04. The van der Waals surface area contributed by atoms with Gasteiger partial charge in [0.25, 0.3) is 0 Å². The number of pyridine rings is 1. The average Bonchev–Trinajstić information content (AvgIpc) is 2.89. The van der Waals surface area contributed by atoms with E-state index in [9.17, 15) is 5.26 Å². The van der Waals surface area contributed by atoms with Crippen LogP contribution in [0.5, 0.6) is 0 Å². The molecule has 0 spiro atoms. The van der Waals surface area contributed by atoms with Crippen molar-refractivity contribution < 1.29 is 0 Å². The Labute approximate surface area is 125 Å². The highest BCUT2D eigenvalue weighted by atomic mass is 15.2. The van der Waals surface area contributed by atoms with Gasteiger partial charge < -0.3 is 0 Å². The van der Waals surface area contributed by atoms with Crippen LogP contribution in [0.1, 0.15) is 30.9 Å². The van der Waals surface area contributed by atoms with Gasteiger partial charge in [-0.05, 0) is 17.0 Å². The highest BCUT2D eigenvalue weighted by Gasteiger charge is 2.11. The number of hydrogen-bond donors (Lipinski definition) is 0. The molecule has 3 nitrogen and oxygen atoms in total. The topological polar surface area (TPSA) is 41.1 Å². The third-order valence-corrected chi connectivity index (χ3v) is 3.76. The Morgan fingerprint density at radius 1 is 1.24 bits per heavy atom. The molecule has 2 heterocycles. The average molecular weight is 273 g/mol. The lowest BCUT2D eigenvalue weighted by Crippen LogP contribution is -2.07. The lowest BCUT2D eigenvalue weighted by molar-refractivity contribution is 0.867. The van der Waals surface area contributed by atoms with Crippen LogP contribution >= 0.6 is 0 Å². The Kier molecular flexibility index (Phi) is 3.27. The van der Waals surface area contributed by atoms with Crippen LogP contribution in [0.15, 0.2) is 42.7 Å². The smallest absolute Gasteiger partial charge is 0.141 e. The number of nitrogens with zero attached hydrogens (tertiary/aromatic N) is 3. The molecule has 4 heteroatoms. The van der Waals surface area contributed by atoms with Crippen molar-refractivity contribution in [2.24, 2.45) is 0 Å². The summed E-state index contributed by atoms with van der Waals surface area (Å²) in [5.74, 6) is 0.515. The quantitative estimate of drug-likeness (QED) is 0.672. The summed E-state index contributed by atoms with van der Waals surface area (Å²) >= 11 is 0. The third-order valence-electron chi connectivity index (χ3n) is 3.76. The molecule has 0 amide bonds. The predicted octanol–water partition coefficient (Wildman–Crippen LogP) is 2.25. The minimum atomic E-state index is 0.515. The molecule has 0 N–H and O–H groups in total. The van der Waals surface area contributed by atoms with Crippen molar-refractivity contribution in [3.05, 3.63) is 53.9 Å². The first-order valence-electron chi connectivity index (χ1n) is 7.08. The molecule has 0 radical (unpaired) electrons. The summed E-state index contributed by atoms with van der Waals surface area (Å²) in [5.41, 5.74) is 6.09. The second kappa shape index (κ2) is 5.10. The molecule has 0 saturated heterocycles. The molecule has 0 aliphatic rings. The van der Waals surface area contributed by atoms with Gasteiger partial charge in [-0.2, -0.15) is 10.4 Å². The summed E-state index contributed by atoms with van der Waals surface area (Å²) in [5, 5.41) is 13.6. The van der Waals surface area contributed by atoms with Gasteiger partial charge in [-0.25, -0.2) is 4.52 Å². The lowest BCUT2D eigenvalue weighted by atomic mass is 9.92. The van der Waals surface area contributed by atoms with Crippen molar-refractivity contribution in [3.63, 3.8) is 0 Å². The maximum Gasteiger partial charge on any atom is 0.141 e. The first-order valence-corrected chi connectivity index (χ1v) is 7.08. The van der Waals surface area contributed by atoms with Crippen molar-refractivity contribution in [1.82, 2.24) is 9.61 Å². The van der Waals surface area contributed by atoms with Crippen LogP contribution in [0.2, 0.25) is 0 Å². The van der Waals surface area contributed by atoms with Crippen LogP contribution in [0.4, 0.5) is 0 Å². The first-order chi connectivity index (χ1) is 10.1. The molecule has 102 valence electrons. The highest BCUT2D eigenvalue weighted by molar-refractivity contribution is 6.32. The van der Waals surface area contributed by atoms with E-state index < -0.39 is 0 Å². The van der Waals surface area contributed by atoms with Gasteiger partial charge >= 0.3 is 0 Å². The predicted molar refractivity (Wildman–Crippen MR) is 87.6 cm³/mol. The van der Waals surface area contributed by atoms with E-state index >= 15 is 0 Å². The van der Waals surface area contributed by atoms with Crippen LogP contribution in [0.3, 0.4) is 0 Å². The number of fused-ring (bicyclic) bond motifs is 1. The Morgan fingerprint density at radius 3 is 2.57 bits per heavy atom. The number of hydrogen-bond acceptors (Lipinski definition) is 2. The van der Waals surface area contributed by atoms with Gasteiger partial charge in [0.15, 0.2) is 0 Å². The summed E-state index contributed by atoms with van der Waals surface area (Å²) < 4.78 is 1.79. The second-order valence-electron chi connectivity index (χ2n) is 5.67. The van der Waals surface area contributed by atoms with E-state index in [0.717, 1.165) is 22.1 Å². The Balaban J connectivity index is 2.24. The zero-order valence-electron chi connectivity index (χ0n) is 12.5. The molecular weight excluding hydrogens is 257 g/mol. The van der Waals surface area contributed by atoms with Gasteiger partial charge in [-0.3, -0.25) is 0 Å². The molecule has 0 atom stereocenters. The van der Waals surface area contributed by atoms with Gasteiger partial charge in [0.1, 0.15) is 13.9 Å². The molecule has 3 rings (SSSR count). The van der Waals surface area contributed by atoms with Crippen LogP contribution in [-0.2, 0) is 0 Å². The normalized spacial score (nSPS) is 11.0. The molecule has 3 aromatic rings. The van der Waals surface area contributed by atoms with Gasteiger partial charge in [-0.15, -0.1) is 0 Å². The maximum absolute atomic E-state index is 9.28. The number of aromatic nitrogens is 2. The summed E-state index contributed by atoms with van der Waals surface area (Å²) in [4.78, 5) is 0. The van der Waals surface area contributed by atoms with E-state index in [2.05, 4.69) is 55.3 Å². The Hall–Kier alpha value is -2.54. The van der Waals surface area contributed by atoms with E-state index in [4.69, 9.17) is 0 Å². The van der Waals surface area contributed by atoms with E-state index in [0.29, 0.717) is 11.5 Å². The molecule has 0 aliphatic heterocycles. The fourth-order valence-corrected chi connectivity index (χ4v) is 2.60.